The van der Waals surface area contributed by atoms with Gasteiger partial charge in [-0.3, -0.25) is 9.78 Å². The number of aromatic nitrogens is 1. The van der Waals surface area contributed by atoms with E-state index in [1.807, 2.05) is 6.07 Å². The minimum Gasteiger partial charge on any atom is -0.481 e. The van der Waals surface area contributed by atoms with Crippen molar-refractivity contribution in [3.05, 3.63) is 28.5 Å². The number of carbonyl (C=O) groups is 1. The van der Waals surface area contributed by atoms with Gasteiger partial charge in [-0.25, -0.2) is 0 Å². The number of nitrogens with zero attached hydrogens (tertiary/aromatic N) is 1. The number of hydrogen-bond acceptors (Lipinski definition) is 2. The highest BCUT2D eigenvalue weighted by Crippen LogP contribution is 2.44. The SMILES string of the molecule is CC(C)C1CCC(Cc2cncc(Br)c2)(C(=O)O)CC1. The van der Waals surface area contributed by atoms with Gasteiger partial charge < -0.3 is 5.11 Å². The second-order valence-electron chi connectivity index (χ2n) is 6.36. The van der Waals surface area contributed by atoms with Crippen LogP contribution in [-0.4, -0.2) is 16.1 Å². The topological polar surface area (TPSA) is 50.2 Å². The van der Waals surface area contributed by atoms with Crippen LogP contribution in [0.25, 0.3) is 0 Å². The molecule has 0 unspecified atom stereocenters. The van der Waals surface area contributed by atoms with Crippen molar-refractivity contribution in [1.82, 2.24) is 4.98 Å². The van der Waals surface area contributed by atoms with Gasteiger partial charge in [-0.2, -0.15) is 0 Å². The summed E-state index contributed by atoms with van der Waals surface area (Å²) in [7, 11) is 0. The number of carboxylic acid groups (broad SMARTS) is 1. The zero-order valence-corrected chi connectivity index (χ0v) is 13.7. The van der Waals surface area contributed by atoms with Gasteiger partial charge in [0.2, 0.25) is 0 Å². The Bertz CT molecular complexity index is 479. The monoisotopic (exact) mass is 339 g/mol. The Labute approximate surface area is 128 Å². The quantitative estimate of drug-likeness (QED) is 0.889. The molecule has 0 aromatic carbocycles. The van der Waals surface area contributed by atoms with Gasteiger partial charge in [-0.15, -0.1) is 0 Å². The van der Waals surface area contributed by atoms with Crippen molar-refractivity contribution in [3.8, 4) is 0 Å². The van der Waals surface area contributed by atoms with Crippen molar-refractivity contribution < 1.29 is 9.90 Å². The smallest absolute Gasteiger partial charge is 0.309 e. The maximum absolute atomic E-state index is 11.8. The average Bonchev–Trinajstić information content (AvgIpc) is 2.39. The molecule has 3 nitrogen and oxygen atoms in total. The Morgan fingerprint density at radius 1 is 1.45 bits per heavy atom. The summed E-state index contributed by atoms with van der Waals surface area (Å²) in [5.41, 5.74) is 0.401. The van der Waals surface area contributed by atoms with Crippen molar-refractivity contribution in [1.29, 1.82) is 0 Å². The molecule has 20 heavy (non-hydrogen) atoms. The largest absolute Gasteiger partial charge is 0.481 e. The van der Waals surface area contributed by atoms with Crippen LogP contribution in [0.5, 0.6) is 0 Å². The molecule has 1 aliphatic carbocycles. The molecule has 0 radical (unpaired) electrons. The molecule has 0 bridgehead atoms. The summed E-state index contributed by atoms with van der Waals surface area (Å²) in [4.78, 5) is 16.0. The zero-order chi connectivity index (χ0) is 14.8. The lowest BCUT2D eigenvalue weighted by Crippen LogP contribution is -2.38. The van der Waals surface area contributed by atoms with Gasteiger partial charge >= 0.3 is 5.97 Å². The molecule has 4 heteroatoms. The van der Waals surface area contributed by atoms with E-state index < -0.39 is 11.4 Å². The van der Waals surface area contributed by atoms with Crippen molar-refractivity contribution in [2.45, 2.75) is 46.0 Å². The lowest BCUT2D eigenvalue weighted by Gasteiger charge is -2.38. The summed E-state index contributed by atoms with van der Waals surface area (Å²) >= 11 is 3.40. The van der Waals surface area contributed by atoms with Crippen LogP contribution in [0, 0.1) is 17.3 Å². The van der Waals surface area contributed by atoms with Crippen LogP contribution in [0.3, 0.4) is 0 Å². The molecule has 110 valence electrons. The van der Waals surface area contributed by atoms with E-state index >= 15 is 0 Å². The van der Waals surface area contributed by atoms with Crippen LogP contribution in [-0.2, 0) is 11.2 Å². The molecule has 0 atom stereocenters. The van der Waals surface area contributed by atoms with Crippen LogP contribution in [0.15, 0.2) is 22.9 Å². The number of pyridine rings is 1. The van der Waals surface area contributed by atoms with E-state index in [1.165, 1.54) is 0 Å². The fraction of sp³-hybridized carbons (Fsp3) is 0.625. The highest BCUT2D eigenvalue weighted by molar-refractivity contribution is 9.10. The second-order valence-corrected chi connectivity index (χ2v) is 7.27. The van der Waals surface area contributed by atoms with Gasteiger partial charge in [-0.1, -0.05) is 13.8 Å². The minimum absolute atomic E-state index is 0.583. The standard InChI is InChI=1S/C16H22BrNO2/c1-11(2)13-3-5-16(6-4-13,15(19)20)8-12-7-14(17)10-18-9-12/h7,9-11,13H,3-6,8H2,1-2H3,(H,19,20). The minimum atomic E-state index is -0.653. The van der Waals surface area contributed by atoms with Crippen LogP contribution in [0.2, 0.25) is 0 Å². The van der Waals surface area contributed by atoms with Crippen molar-refractivity contribution in [2.24, 2.45) is 17.3 Å². The predicted octanol–water partition coefficient (Wildman–Crippen LogP) is 4.30. The first-order valence-electron chi connectivity index (χ1n) is 7.26. The molecule has 1 heterocycles. The maximum atomic E-state index is 11.8. The summed E-state index contributed by atoms with van der Waals surface area (Å²) in [6.07, 6.45) is 7.68. The van der Waals surface area contributed by atoms with Crippen molar-refractivity contribution in [2.75, 3.05) is 0 Å². The molecule has 1 saturated carbocycles. The Morgan fingerprint density at radius 3 is 2.60 bits per heavy atom. The molecule has 0 amide bonds. The third kappa shape index (κ3) is 3.40. The first kappa shape index (κ1) is 15.5. The van der Waals surface area contributed by atoms with Crippen LogP contribution < -0.4 is 0 Å². The van der Waals surface area contributed by atoms with E-state index in [2.05, 4.69) is 34.8 Å². The van der Waals surface area contributed by atoms with Crippen LogP contribution >= 0.6 is 15.9 Å². The summed E-state index contributed by atoms with van der Waals surface area (Å²) in [6, 6.07) is 1.98. The molecule has 1 aliphatic rings. The molecule has 1 fully saturated rings. The highest BCUT2D eigenvalue weighted by Gasteiger charge is 2.42. The van der Waals surface area contributed by atoms with E-state index in [0.29, 0.717) is 18.3 Å². The highest BCUT2D eigenvalue weighted by atomic mass is 79.9. The van der Waals surface area contributed by atoms with Gasteiger partial charge in [0, 0.05) is 16.9 Å². The number of rotatable bonds is 4. The molecule has 1 aromatic heterocycles. The Kier molecular flexibility index (Phi) is 4.84. The lowest BCUT2D eigenvalue weighted by atomic mass is 9.65. The van der Waals surface area contributed by atoms with E-state index in [-0.39, 0.29) is 0 Å². The first-order chi connectivity index (χ1) is 9.43. The third-order valence-electron chi connectivity index (χ3n) is 4.69. The number of carboxylic acids is 1. The van der Waals surface area contributed by atoms with Crippen LogP contribution in [0.4, 0.5) is 0 Å². The van der Waals surface area contributed by atoms with E-state index in [0.717, 1.165) is 35.7 Å². The molecule has 0 aliphatic heterocycles. The molecule has 2 rings (SSSR count). The van der Waals surface area contributed by atoms with E-state index in [1.54, 1.807) is 12.4 Å². The summed E-state index contributed by atoms with van der Waals surface area (Å²) < 4.78 is 0.909. The Morgan fingerprint density at radius 2 is 2.10 bits per heavy atom. The predicted molar refractivity (Wildman–Crippen MR) is 82.5 cm³/mol. The van der Waals surface area contributed by atoms with E-state index in [9.17, 15) is 9.90 Å². The average molecular weight is 340 g/mol. The second kappa shape index (κ2) is 6.25. The number of aliphatic carboxylic acids is 1. The molecular formula is C16H22BrNO2. The van der Waals surface area contributed by atoms with Crippen LogP contribution in [0.1, 0.15) is 45.1 Å². The molecule has 1 aromatic rings. The molecular weight excluding hydrogens is 318 g/mol. The van der Waals surface area contributed by atoms with Gasteiger partial charge in [0.05, 0.1) is 5.41 Å². The third-order valence-corrected chi connectivity index (χ3v) is 5.12. The fourth-order valence-electron chi connectivity index (χ4n) is 3.27. The van der Waals surface area contributed by atoms with Crippen molar-refractivity contribution >= 4 is 21.9 Å². The van der Waals surface area contributed by atoms with Gasteiger partial charge in [0.1, 0.15) is 0 Å². The maximum Gasteiger partial charge on any atom is 0.309 e. The lowest BCUT2D eigenvalue weighted by molar-refractivity contribution is -0.151. The Hall–Kier alpha value is -0.900. The summed E-state index contributed by atoms with van der Waals surface area (Å²) in [5.74, 6) is 0.664. The van der Waals surface area contributed by atoms with Gasteiger partial charge in [-0.05, 0) is 71.5 Å². The summed E-state index contributed by atoms with van der Waals surface area (Å²) in [5, 5.41) is 9.71. The Balaban J connectivity index is 2.14. The van der Waals surface area contributed by atoms with E-state index in [4.69, 9.17) is 0 Å². The molecule has 0 saturated heterocycles. The molecule has 1 N–H and O–H groups in total. The number of halogens is 1. The fourth-order valence-corrected chi connectivity index (χ4v) is 3.68. The number of hydrogen-bond donors (Lipinski definition) is 1. The first-order valence-corrected chi connectivity index (χ1v) is 8.05. The zero-order valence-electron chi connectivity index (χ0n) is 12.1. The van der Waals surface area contributed by atoms with Gasteiger partial charge in [0.15, 0.2) is 0 Å². The van der Waals surface area contributed by atoms with Gasteiger partial charge in [0.25, 0.3) is 0 Å². The molecule has 0 spiro atoms. The van der Waals surface area contributed by atoms with Crippen molar-refractivity contribution in [3.63, 3.8) is 0 Å². The normalized spacial score (nSPS) is 26.7. The summed E-state index contributed by atoms with van der Waals surface area (Å²) in [6.45, 7) is 4.47.